The average molecular weight is 523 g/mol. The number of rotatable bonds is 6. The van der Waals surface area contributed by atoms with Gasteiger partial charge >= 0.3 is 0 Å². The Morgan fingerprint density at radius 2 is 1.81 bits per heavy atom. The van der Waals surface area contributed by atoms with Crippen LogP contribution < -0.4 is 5.56 Å². The topological polar surface area (TPSA) is 88.3 Å². The van der Waals surface area contributed by atoms with Crippen molar-refractivity contribution in [3.63, 3.8) is 0 Å². The van der Waals surface area contributed by atoms with Crippen LogP contribution in [0, 0.1) is 0 Å². The Kier molecular flexibility index (Phi) is 6.92. The lowest BCUT2D eigenvalue weighted by Gasteiger charge is -2.38. The lowest BCUT2D eigenvalue weighted by atomic mass is 9.90. The third-order valence-corrected chi connectivity index (χ3v) is 8.06. The normalized spacial score (nSPS) is 16.2. The second-order valence-electron chi connectivity index (χ2n) is 9.51. The van der Waals surface area contributed by atoms with E-state index >= 15 is 0 Å². The summed E-state index contributed by atoms with van der Waals surface area (Å²) >= 11 is 7.21. The van der Waals surface area contributed by atoms with Gasteiger partial charge in [0, 0.05) is 24.5 Å². The van der Waals surface area contributed by atoms with E-state index < -0.39 is 5.60 Å². The fourth-order valence-corrected chi connectivity index (χ4v) is 5.65. The van der Waals surface area contributed by atoms with Gasteiger partial charge in [0.15, 0.2) is 5.52 Å². The van der Waals surface area contributed by atoms with Crippen LogP contribution in [0.3, 0.4) is 0 Å². The number of hydrogen-bond donors (Lipinski definition) is 1. The highest BCUT2D eigenvalue weighted by Gasteiger charge is 2.35. The molecule has 1 saturated heterocycles. The van der Waals surface area contributed by atoms with Crippen molar-refractivity contribution >= 4 is 40.1 Å². The predicted molar refractivity (Wildman–Crippen MR) is 142 cm³/mol. The summed E-state index contributed by atoms with van der Waals surface area (Å²) in [6.07, 6.45) is 2.71. The maximum Gasteiger partial charge on any atom is 0.281 e. The third-order valence-electron chi connectivity index (χ3n) is 6.92. The number of benzene rings is 2. The average Bonchev–Trinajstić information content (AvgIpc) is 3.32. The first-order valence-electron chi connectivity index (χ1n) is 12.0. The molecule has 1 aliphatic rings. The van der Waals surface area contributed by atoms with Crippen LogP contribution in [0.25, 0.3) is 21.5 Å². The number of halogens is 1. The van der Waals surface area contributed by atoms with Gasteiger partial charge in [-0.3, -0.25) is 14.2 Å². The quantitative estimate of drug-likeness (QED) is 0.396. The molecule has 0 radical (unpaired) electrons. The first kappa shape index (κ1) is 24.6. The molecule has 1 fully saturated rings. The van der Waals surface area contributed by atoms with Gasteiger partial charge in [0.05, 0.1) is 23.4 Å². The molecule has 186 valence electrons. The summed E-state index contributed by atoms with van der Waals surface area (Å²) in [5.41, 5.74) is 1.51. The molecule has 9 heteroatoms. The van der Waals surface area contributed by atoms with Crippen LogP contribution in [0.2, 0.25) is 5.02 Å². The number of carbonyl (C=O) groups is 1. The summed E-state index contributed by atoms with van der Waals surface area (Å²) < 4.78 is 5.79. The number of amides is 1. The van der Waals surface area contributed by atoms with Crippen molar-refractivity contribution in [2.24, 2.45) is 0 Å². The van der Waals surface area contributed by atoms with E-state index in [4.69, 9.17) is 11.6 Å². The predicted octanol–water partition coefficient (Wildman–Crippen LogP) is 4.72. The Balaban J connectivity index is 1.25. The highest BCUT2D eigenvalue weighted by atomic mass is 35.5. The van der Waals surface area contributed by atoms with E-state index in [1.807, 2.05) is 47.4 Å². The Labute approximate surface area is 218 Å². The van der Waals surface area contributed by atoms with Crippen LogP contribution in [-0.2, 0) is 11.3 Å². The molecule has 2 aromatic heterocycles. The zero-order valence-electron chi connectivity index (χ0n) is 19.9. The minimum absolute atomic E-state index is 0.0888. The number of likely N-dealkylation sites (tertiary alicyclic amines) is 1. The second kappa shape index (κ2) is 10.1. The van der Waals surface area contributed by atoms with Crippen molar-refractivity contribution in [3.8, 4) is 10.4 Å². The molecular formula is C27H27ClN4O3S. The lowest BCUT2D eigenvalue weighted by molar-refractivity contribution is -0.136. The molecule has 0 saturated carbocycles. The highest BCUT2D eigenvalue weighted by molar-refractivity contribution is 7.11. The molecule has 5 rings (SSSR count). The minimum atomic E-state index is -1.09. The molecule has 4 aromatic rings. The van der Waals surface area contributed by atoms with Crippen molar-refractivity contribution in [2.45, 2.75) is 44.2 Å². The summed E-state index contributed by atoms with van der Waals surface area (Å²) in [7, 11) is 0. The molecule has 0 bridgehead atoms. The minimum Gasteiger partial charge on any atom is -0.388 e. The Bertz CT molecular complexity index is 1430. The van der Waals surface area contributed by atoms with Gasteiger partial charge in [-0.2, -0.15) is 4.37 Å². The highest BCUT2D eigenvalue weighted by Crippen LogP contribution is 2.31. The standard InChI is InChI=1S/C27H27ClN4O3S/c1-18(19-5-3-2-4-6-19)15-22(33)31-13-11-27(35,12-14-31)16-32-17-29-23-24(26(32)34)30-36-25(23)20-7-9-21(28)10-8-20/h2-10,17-18,35H,11-16H2,1H3/t18-/m1/s1. The van der Waals surface area contributed by atoms with Crippen LogP contribution in [0.1, 0.15) is 37.7 Å². The molecule has 0 unspecified atom stereocenters. The van der Waals surface area contributed by atoms with E-state index in [-0.39, 0.29) is 23.9 Å². The van der Waals surface area contributed by atoms with Gasteiger partial charge in [0.2, 0.25) is 5.91 Å². The van der Waals surface area contributed by atoms with Crippen molar-refractivity contribution < 1.29 is 9.90 Å². The van der Waals surface area contributed by atoms with Gasteiger partial charge in [0.25, 0.3) is 5.56 Å². The number of fused-ring (bicyclic) bond motifs is 1. The summed E-state index contributed by atoms with van der Waals surface area (Å²) in [5.74, 6) is 0.220. The molecule has 0 spiro atoms. The van der Waals surface area contributed by atoms with Crippen molar-refractivity contribution in [1.29, 1.82) is 0 Å². The zero-order chi connectivity index (χ0) is 25.3. The molecule has 3 heterocycles. The molecule has 1 N–H and O–H groups in total. The summed E-state index contributed by atoms with van der Waals surface area (Å²) in [6, 6.07) is 17.3. The smallest absolute Gasteiger partial charge is 0.281 e. The number of aliphatic hydroxyl groups is 1. The number of piperidine rings is 1. The van der Waals surface area contributed by atoms with E-state index in [1.165, 1.54) is 22.4 Å². The fraction of sp³-hybridized carbons (Fsp3) is 0.333. The zero-order valence-corrected chi connectivity index (χ0v) is 21.5. The largest absolute Gasteiger partial charge is 0.388 e. The lowest BCUT2D eigenvalue weighted by Crippen LogP contribution is -2.49. The number of aromatic nitrogens is 3. The van der Waals surface area contributed by atoms with E-state index in [1.54, 1.807) is 12.1 Å². The molecule has 0 aliphatic carbocycles. The maximum absolute atomic E-state index is 13.1. The van der Waals surface area contributed by atoms with E-state index in [9.17, 15) is 14.7 Å². The molecule has 36 heavy (non-hydrogen) atoms. The van der Waals surface area contributed by atoms with Gasteiger partial charge in [0.1, 0.15) is 5.52 Å². The number of hydrogen-bond acceptors (Lipinski definition) is 6. The Morgan fingerprint density at radius 1 is 1.11 bits per heavy atom. The molecule has 1 atom stereocenters. The third kappa shape index (κ3) is 5.07. The fourth-order valence-electron chi connectivity index (χ4n) is 4.70. The molecule has 1 amide bonds. The van der Waals surface area contributed by atoms with Crippen LogP contribution in [-0.4, -0.2) is 48.5 Å². The van der Waals surface area contributed by atoms with Crippen LogP contribution in [0.4, 0.5) is 0 Å². The van der Waals surface area contributed by atoms with Gasteiger partial charge in [-0.05, 0) is 53.6 Å². The Morgan fingerprint density at radius 3 is 2.50 bits per heavy atom. The monoisotopic (exact) mass is 522 g/mol. The van der Waals surface area contributed by atoms with Crippen LogP contribution in [0.15, 0.2) is 65.7 Å². The van der Waals surface area contributed by atoms with Crippen molar-refractivity contribution in [2.75, 3.05) is 13.1 Å². The maximum atomic E-state index is 13.1. The van der Waals surface area contributed by atoms with Gasteiger partial charge in [-0.25, -0.2) is 4.98 Å². The molecule has 2 aromatic carbocycles. The van der Waals surface area contributed by atoms with Crippen molar-refractivity contribution in [1.82, 2.24) is 18.8 Å². The van der Waals surface area contributed by atoms with Gasteiger partial charge in [-0.1, -0.05) is 61.0 Å². The molecule has 7 nitrogen and oxygen atoms in total. The van der Waals surface area contributed by atoms with E-state index in [2.05, 4.69) is 16.3 Å². The Hall–Kier alpha value is -3.07. The number of carbonyl (C=O) groups excluding carboxylic acids is 1. The van der Waals surface area contributed by atoms with Gasteiger partial charge < -0.3 is 10.0 Å². The van der Waals surface area contributed by atoms with Crippen LogP contribution >= 0.6 is 23.1 Å². The molecular weight excluding hydrogens is 496 g/mol. The number of nitrogens with zero attached hydrogens (tertiary/aromatic N) is 4. The van der Waals surface area contributed by atoms with Gasteiger partial charge in [-0.15, -0.1) is 0 Å². The summed E-state index contributed by atoms with van der Waals surface area (Å²) in [6.45, 7) is 3.09. The first-order valence-corrected chi connectivity index (χ1v) is 13.1. The molecule has 1 aliphatic heterocycles. The summed E-state index contributed by atoms with van der Waals surface area (Å²) in [5, 5.41) is 11.9. The van der Waals surface area contributed by atoms with Crippen LogP contribution in [0.5, 0.6) is 0 Å². The summed E-state index contributed by atoms with van der Waals surface area (Å²) in [4.78, 5) is 33.1. The van der Waals surface area contributed by atoms with Crippen molar-refractivity contribution in [3.05, 3.63) is 81.9 Å². The van der Waals surface area contributed by atoms with E-state index in [0.29, 0.717) is 48.4 Å². The SMILES string of the molecule is C[C@H](CC(=O)N1CCC(O)(Cn2cnc3c(-c4ccc(Cl)cc4)snc3c2=O)CC1)c1ccccc1. The second-order valence-corrected chi connectivity index (χ2v) is 10.7. The van der Waals surface area contributed by atoms with E-state index in [0.717, 1.165) is 16.0 Å². The first-order chi connectivity index (χ1) is 17.3.